The summed E-state index contributed by atoms with van der Waals surface area (Å²) in [5.74, 6) is 0.664. The molecule has 0 aromatic carbocycles. The summed E-state index contributed by atoms with van der Waals surface area (Å²) in [7, 11) is -3.41. The minimum absolute atomic E-state index is 0.210. The minimum atomic E-state index is -3.41. The molecule has 0 atom stereocenters. The van der Waals surface area contributed by atoms with E-state index in [1.54, 1.807) is 4.31 Å². The summed E-state index contributed by atoms with van der Waals surface area (Å²) in [5, 5.41) is 0.210. The van der Waals surface area contributed by atoms with Crippen LogP contribution in [-0.2, 0) is 10.0 Å². The number of nitrogens with zero attached hydrogens (tertiary/aromatic N) is 2. The van der Waals surface area contributed by atoms with E-state index in [0.717, 1.165) is 19.3 Å². The van der Waals surface area contributed by atoms with Crippen molar-refractivity contribution >= 4 is 21.6 Å². The van der Waals surface area contributed by atoms with Crippen LogP contribution in [0, 0.1) is 5.92 Å². The summed E-state index contributed by atoms with van der Waals surface area (Å²) in [6.45, 7) is 3.38. The maximum atomic E-state index is 12.4. The van der Waals surface area contributed by atoms with Crippen molar-refractivity contribution in [3.05, 3.63) is 23.5 Å². The van der Waals surface area contributed by atoms with E-state index in [9.17, 15) is 8.42 Å². The van der Waals surface area contributed by atoms with Crippen molar-refractivity contribution in [3.8, 4) is 0 Å². The van der Waals surface area contributed by atoms with Gasteiger partial charge >= 0.3 is 0 Å². The average Bonchev–Trinajstić information content (AvgIpc) is 2.40. The van der Waals surface area contributed by atoms with E-state index < -0.39 is 10.0 Å². The van der Waals surface area contributed by atoms with Crippen LogP contribution < -0.4 is 0 Å². The number of halogens is 1. The number of hydrogen-bond donors (Lipinski definition) is 0. The highest BCUT2D eigenvalue weighted by Gasteiger charge is 2.29. The molecule has 106 valence electrons. The normalized spacial score (nSPS) is 18.6. The van der Waals surface area contributed by atoms with E-state index >= 15 is 0 Å². The molecule has 1 fully saturated rings. The highest BCUT2D eigenvalue weighted by molar-refractivity contribution is 7.89. The van der Waals surface area contributed by atoms with Crippen molar-refractivity contribution < 1.29 is 8.42 Å². The molecule has 0 N–H and O–H groups in total. The Morgan fingerprint density at radius 1 is 1.42 bits per heavy atom. The van der Waals surface area contributed by atoms with Crippen LogP contribution in [0.1, 0.15) is 32.6 Å². The zero-order valence-electron chi connectivity index (χ0n) is 11.0. The Morgan fingerprint density at radius 2 is 2.11 bits per heavy atom. The highest BCUT2D eigenvalue weighted by Crippen LogP contribution is 2.26. The van der Waals surface area contributed by atoms with Crippen molar-refractivity contribution in [2.75, 3.05) is 13.1 Å². The smallest absolute Gasteiger partial charge is 0.243 e. The van der Waals surface area contributed by atoms with Gasteiger partial charge in [-0.3, -0.25) is 0 Å². The van der Waals surface area contributed by atoms with Gasteiger partial charge in [-0.2, -0.15) is 4.31 Å². The second kappa shape index (κ2) is 6.20. The quantitative estimate of drug-likeness (QED) is 0.804. The summed E-state index contributed by atoms with van der Waals surface area (Å²) in [4.78, 5) is 4.05. The van der Waals surface area contributed by atoms with E-state index in [1.807, 2.05) is 0 Å². The summed E-state index contributed by atoms with van der Waals surface area (Å²) in [6.07, 6.45) is 5.68. The van der Waals surface area contributed by atoms with E-state index in [1.165, 1.54) is 24.8 Å². The molecule has 6 heteroatoms. The molecule has 0 aliphatic carbocycles. The zero-order valence-corrected chi connectivity index (χ0v) is 12.6. The molecule has 1 aliphatic rings. The van der Waals surface area contributed by atoms with Gasteiger partial charge in [0.25, 0.3) is 0 Å². The number of rotatable bonds is 4. The fourth-order valence-electron chi connectivity index (χ4n) is 2.54. The second-order valence-corrected chi connectivity index (χ2v) is 7.28. The van der Waals surface area contributed by atoms with Crippen molar-refractivity contribution in [2.24, 2.45) is 5.92 Å². The summed E-state index contributed by atoms with van der Waals surface area (Å²) in [6, 6.07) is 2.91. The third-order valence-corrected chi connectivity index (χ3v) is 5.71. The Hall–Kier alpha value is -0.650. The van der Waals surface area contributed by atoms with Gasteiger partial charge in [-0.25, -0.2) is 13.4 Å². The molecule has 0 spiro atoms. The molecule has 4 nitrogen and oxygen atoms in total. The van der Waals surface area contributed by atoms with E-state index in [4.69, 9.17) is 11.6 Å². The van der Waals surface area contributed by atoms with Crippen LogP contribution in [0.5, 0.6) is 0 Å². The third-order valence-electron chi connectivity index (χ3n) is 3.61. The lowest BCUT2D eigenvalue weighted by Gasteiger charge is -2.31. The predicted molar refractivity (Wildman–Crippen MR) is 75.6 cm³/mol. The first-order valence-electron chi connectivity index (χ1n) is 6.65. The number of hydrogen-bond acceptors (Lipinski definition) is 3. The summed E-state index contributed by atoms with van der Waals surface area (Å²) < 4.78 is 26.4. The summed E-state index contributed by atoms with van der Waals surface area (Å²) in [5.41, 5.74) is 0. The van der Waals surface area contributed by atoms with Crippen LogP contribution in [0.2, 0.25) is 5.15 Å². The molecule has 2 rings (SSSR count). The van der Waals surface area contributed by atoms with Gasteiger partial charge < -0.3 is 0 Å². The first-order chi connectivity index (χ1) is 9.04. The van der Waals surface area contributed by atoms with Gasteiger partial charge in [-0.15, -0.1) is 0 Å². The lowest BCUT2D eigenvalue weighted by molar-refractivity contribution is 0.262. The Balaban J connectivity index is 2.10. The van der Waals surface area contributed by atoms with E-state index in [0.29, 0.717) is 19.0 Å². The molecule has 1 saturated heterocycles. The first kappa shape index (κ1) is 14.8. The molecular formula is C13H19ClN2O2S. The van der Waals surface area contributed by atoms with Gasteiger partial charge in [0.2, 0.25) is 10.0 Å². The lowest BCUT2D eigenvalue weighted by Crippen LogP contribution is -2.38. The van der Waals surface area contributed by atoms with Crippen LogP contribution in [0.25, 0.3) is 0 Å². The monoisotopic (exact) mass is 302 g/mol. The molecule has 1 aromatic heterocycles. The molecular weight excluding hydrogens is 284 g/mol. The largest absolute Gasteiger partial charge is 0.244 e. The van der Waals surface area contributed by atoms with Gasteiger partial charge in [0.1, 0.15) is 5.15 Å². The Kier molecular flexibility index (Phi) is 4.81. The van der Waals surface area contributed by atoms with Gasteiger partial charge in [0, 0.05) is 19.3 Å². The second-order valence-electron chi connectivity index (χ2n) is 4.95. The first-order valence-corrected chi connectivity index (χ1v) is 8.47. The van der Waals surface area contributed by atoms with Crippen molar-refractivity contribution in [3.63, 3.8) is 0 Å². The van der Waals surface area contributed by atoms with Crippen LogP contribution in [0.4, 0.5) is 0 Å². The Morgan fingerprint density at radius 3 is 2.68 bits per heavy atom. The highest BCUT2D eigenvalue weighted by atomic mass is 35.5. The lowest BCUT2D eigenvalue weighted by atomic mass is 9.94. The Labute approximate surface area is 119 Å². The molecule has 0 unspecified atom stereocenters. The van der Waals surface area contributed by atoms with Crippen LogP contribution in [-0.4, -0.2) is 30.8 Å². The fraction of sp³-hybridized carbons (Fsp3) is 0.615. The number of pyridine rings is 1. The van der Waals surface area contributed by atoms with Gasteiger partial charge in [-0.05, 0) is 30.9 Å². The van der Waals surface area contributed by atoms with E-state index in [-0.39, 0.29) is 10.0 Å². The fourth-order valence-corrected chi connectivity index (χ4v) is 4.26. The maximum Gasteiger partial charge on any atom is 0.243 e. The van der Waals surface area contributed by atoms with Crippen LogP contribution >= 0.6 is 11.6 Å². The third kappa shape index (κ3) is 3.46. The SMILES string of the molecule is CCCC1CCN(S(=O)(=O)c2ccnc(Cl)c2)CC1. The van der Waals surface area contributed by atoms with E-state index in [2.05, 4.69) is 11.9 Å². The zero-order chi connectivity index (χ0) is 13.9. The van der Waals surface area contributed by atoms with Crippen LogP contribution in [0.3, 0.4) is 0 Å². The molecule has 1 aromatic rings. The predicted octanol–water partition coefficient (Wildman–Crippen LogP) is 2.94. The number of sulfonamides is 1. The van der Waals surface area contributed by atoms with Gasteiger partial charge in [0.05, 0.1) is 4.90 Å². The van der Waals surface area contributed by atoms with Crippen molar-refractivity contribution in [2.45, 2.75) is 37.5 Å². The number of aromatic nitrogens is 1. The summed E-state index contributed by atoms with van der Waals surface area (Å²) >= 11 is 5.76. The van der Waals surface area contributed by atoms with Crippen LogP contribution in [0.15, 0.2) is 23.2 Å². The van der Waals surface area contributed by atoms with Gasteiger partial charge in [-0.1, -0.05) is 31.4 Å². The topological polar surface area (TPSA) is 50.3 Å². The Bertz CT molecular complexity index is 525. The number of piperidine rings is 1. The molecule has 2 heterocycles. The molecule has 0 bridgehead atoms. The molecule has 0 amide bonds. The molecule has 19 heavy (non-hydrogen) atoms. The van der Waals surface area contributed by atoms with Crippen molar-refractivity contribution in [1.29, 1.82) is 0 Å². The molecule has 1 aliphatic heterocycles. The van der Waals surface area contributed by atoms with Crippen molar-refractivity contribution in [1.82, 2.24) is 9.29 Å². The molecule has 0 radical (unpaired) electrons. The average molecular weight is 303 g/mol. The standard InChI is InChI=1S/C13H19ClN2O2S/c1-2-3-11-5-8-16(9-6-11)19(17,18)12-4-7-15-13(14)10-12/h4,7,10-11H,2-3,5-6,8-9H2,1H3. The molecule has 0 saturated carbocycles. The maximum absolute atomic E-state index is 12.4. The minimum Gasteiger partial charge on any atom is -0.244 e. The van der Waals surface area contributed by atoms with Gasteiger partial charge in [0.15, 0.2) is 0 Å².